The zero-order chi connectivity index (χ0) is 12.5. The predicted octanol–water partition coefficient (Wildman–Crippen LogP) is 3.81. The fourth-order valence-corrected chi connectivity index (χ4v) is 3.36. The molecular formula is C16H24N2. The Labute approximate surface area is 110 Å². The lowest BCUT2D eigenvalue weighted by molar-refractivity contribution is 0.650. The molecule has 2 aliphatic rings. The van der Waals surface area contributed by atoms with Crippen LogP contribution in [0.3, 0.4) is 0 Å². The number of nitrogens with one attached hydrogen (secondary N) is 1. The summed E-state index contributed by atoms with van der Waals surface area (Å²) in [5.74, 6) is 0. The molecule has 1 atom stereocenters. The lowest BCUT2D eigenvalue weighted by atomic mass is 9.98. The first-order valence-corrected chi connectivity index (χ1v) is 7.36. The molecular weight excluding hydrogens is 220 g/mol. The smallest absolute Gasteiger partial charge is 0.0376 e. The summed E-state index contributed by atoms with van der Waals surface area (Å²) in [4.78, 5) is 2.49. The van der Waals surface area contributed by atoms with Crippen LogP contribution >= 0.6 is 0 Å². The molecule has 1 unspecified atom stereocenters. The van der Waals surface area contributed by atoms with E-state index in [9.17, 15) is 0 Å². The number of fused-ring (bicyclic) bond motifs is 1. The van der Waals surface area contributed by atoms with E-state index in [1.165, 1.54) is 55.5 Å². The van der Waals surface area contributed by atoms with Crippen LogP contribution in [0.5, 0.6) is 0 Å². The van der Waals surface area contributed by atoms with Crippen molar-refractivity contribution in [3.63, 3.8) is 0 Å². The minimum atomic E-state index is 0.621. The molecule has 0 amide bonds. The van der Waals surface area contributed by atoms with Gasteiger partial charge in [-0.25, -0.2) is 0 Å². The SMILES string of the molecule is CC1CCc2cc(N(C)C3CCCC3)ccc2N1. The Hall–Kier alpha value is -1.18. The van der Waals surface area contributed by atoms with Crippen molar-refractivity contribution in [1.29, 1.82) is 0 Å². The number of benzene rings is 1. The summed E-state index contributed by atoms with van der Waals surface area (Å²) in [6.07, 6.45) is 8.00. The molecule has 1 aliphatic heterocycles. The molecule has 1 aromatic carbocycles. The third kappa shape index (κ3) is 2.21. The van der Waals surface area contributed by atoms with Crippen LogP contribution in [0.1, 0.15) is 44.6 Å². The van der Waals surface area contributed by atoms with Crippen molar-refractivity contribution >= 4 is 11.4 Å². The third-order valence-corrected chi connectivity index (χ3v) is 4.62. The molecule has 1 aliphatic carbocycles. The summed E-state index contributed by atoms with van der Waals surface area (Å²) in [5, 5.41) is 3.58. The molecule has 2 nitrogen and oxygen atoms in total. The van der Waals surface area contributed by atoms with E-state index >= 15 is 0 Å². The molecule has 3 rings (SSSR count). The van der Waals surface area contributed by atoms with Gasteiger partial charge in [0.05, 0.1) is 0 Å². The van der Waals surface area contributed by atoms with Crippen LogP contribution < -0.4 is 10.2 Å². The van der Waals surface area contributed by atoms with Gasteiger partial charge in [-0.05, 0) is 56.4 Å². The summed E-state index contributed by atoms with van der Waals surface area (Å²) in [6, 6.07) is 8.33. The van der Waals surface area contributed by atoms with Gasteiger partial charge in [-0.1, -0.05) is 12.8 Å². The first-order valence-electron chi connectivity index (χ1n) is 7.36. The second-order valence-corrected chi connectivity index (χ2v) is 5.97. The fourth-order valence-electron chi connectivity index (χ4n) is 3.36. The normalized spacial score (nSPS) is 23.6. The maximum atomic E-state index is 3.58. The van der Waals surface area contributed by atoms with Gasteiger partial charge in [-0.15, -0.1) is 0 Å². The van der Waals surface area contributed by atoms with E-state index in [0.717, 1.165) is 6.04 Å². The largest absolute Gasteiger partial charge is 0.382 e. The molecule has 0 saturated heterocycles. The van der Waals surface area contributed by atoms with Crippen molar-refractivity contribution in [3.05, 3.63) is 23.8 Å². The Kier molecular flexibility index (Phi) is 3.19. The van der Waals surface area contributed by atoms with Gasteiger partial charge in [0.2, 0.25) is 0 Å². The molecule has 1 N–H and O–H groups in total. The predicted molar refractivity (Wildman–Crippen MR) is 78.5 cm³/mol. The highest BCUT2D eigenvalue weighted by Crippen LogP contribution is 2.32. The van der Waals surface area contributed by atoms with Crippen LogP contribution in [-0.2, 0) is 6.42 Å². The summed E-state index contributed by atoms with van der Waals surface area (Å²) >= 11 is 0. The summed E-state index contributed by atoms with van der Waals surface area (Å²) in [6.45, 7) is 2.27. The van der Waals surface area contributed by atoms with Crippen molar-refractivity contribution in [1.82, 2.24) is 0 Å². The molecule has 1 aromatic rings. The Balaban J connectivity index is 1.81. The number of nitrogens with zero attached hydrogens (tertiary/aromatic N) is 1. The van der Waals surface area contributed by atoms with Gasteiger partial charge in [0, 0.05) is 30.5 Å². The molecule has 2 heteroatoms. The van der Waals surface area contributed by atoms with Crippen molar-refractivity contribution in [2.45, 2.75) is 57.5 Å². The second-order valence-electron chi connectivity index (χ2n) is 5.97. The highest BCUT2D eigenvalue weighted by atomic mass is 15.1. The Morgan fingerprint density at radius 1 is 1.17 bits per heavy atom. The molecule has 0 aromatic heterocycles. The van der Waals surface area contributed by atoms with Crippen molar-refractivity contribution in [2.24, 2.45) is 0 Å². The molecule has 0 bridgehead atoms. The topological polar surface area (TPSA) is 15.3 Å². The standard InChI is InChI=1S/C16H24N2/c1-12-7-8-13-11-15(9-10-16(13)17-12)18(2)14-5-3-4-6-14/h9-12,14,17H,3-8H2,1-2H3. The molecule has 1 heterocycles. The number of anilines is 2. The van der Waals surface area contributed by atoms with E-state index in [1.54, 1.807) is 0 Å². The summed E-state index contributed by atoms with van der Waals surface area (Å²) in [7, 11) is 2.26. The zero-order valence-electron chi connectivity index (χ0n) is 11.6. The minimum absolute atomic E-state index is 0.621. The Morgan fingerprint density at radius 2 is 1.94 bits per heavy atom. The highest BCUT2D eigenvalue weighted by Gasteiger charge is 2.21. The maximum absolute atomic E-state index is 3.58. The Bertz CT molecular complexity index is 421. The third-order valence-electron chi connectivity index (χ3n) is 4.62. The van der Waals surface area contributed by atoms with E-state index in [-0.39, 0.29) is 0 Å². The molecule has 0 radical (unpaired) electrons. The maximum Gasteiger partial charge on any atom is 0.0376 e. The lowest BCUT2D eigenvalue weighted by Gasteiger charge is -2.30. The first kappa shape index (κ1) is 11.9. The Morgan fingerprint density at radius 3 is 2.72 bits per heavy atom. The minimum Gasteiger partial charge on any atom is -0.382 e. The molecule has 18 heavy (non-hydrogen) atoms. The number of hydrogen-bond acceptors (Lipinski definition) is 2. The van der Waals surface area contributed by atoms with Gasteiger partial charge in [0.25, 0.3) is 0 Å². The van der Waals surface area contributed by atoms with Crippen molar-refractivity contribution in [3.8, 4) is 0 Å². The van der Waals surface area contributed by atoms with Gasteiger partial charge in [-0.3, -0.25) is 0 Å². The zero-order valence-corrected chi connectivity index (χ0v) is 11.6. The summed E-state index contributed by atoms with van der Waals surface area (Å²) < 4.78 is 0. The second kappa shape index (κ2) is 4.83. The summed E-state index contributed by atoms with van der Waals surface area (Å²) in [5.41, 5.74) is 4.24. The van der Waals surface area contributed by atoms with Crippen LogP contribution in [0.15, 0.2) is 18.2 Å². The van der Waals surface area contributed by atoms with Crippen molar-refractivity contribution in [2.75, 3.05) is 17.3 Å². The van der Waals surface area contributed by atoms with Gasteiger partial charge in [0.1, 0.15) is 0 Å². The molecule has 1 saturated carbocycles. The van der Waals surface area contributed by atoms with Crippen LogP contribution in [0, 0.1) is 0 Å². The van der Waals surface area contributed by atoms with Crippen molar-refractivity contribution < 1.29 is 0 Å². The van der Waals surface area contributed by atoms with E-state index in [4.69, 9.17) is 0 Å². The molecule has 1 fully saturated rings. The van der Waals surface area contributed by atoms with Gasteiger partial charge >= 0.3 is 0 Å². The average Bonchev–Trinajstić information content (AvgIpc) is 2.91. The van der Waals surface area contributed by atoms with E-state index in [1.807, 2.05) is 0 Å². The fraction of sp³-hybridized carbons (Fsp3) is 0.625. The molecule has 98 valence electrons. The van der Waals surface area contributed by atoms with Crippen LogP contribution in [0.25, 0.3) is 0 Å². The number of hydrogen-bond donors (Lipinski definition) is 1. The van der Waals surface area contributed by atoms with E-state index in [2.05, 4.69) is 42.4 Å². The number of aryl methyl sites for hydroxylation is 1. The van der Waals surface area contributed by atoms with Gasteiger partial charge < -0.3 is 10.2 Å². The van der Waals surface area contributed by atoms with Crippen LogP contribution in [-0.4, -0.2) is 19.1 Å². The highest BCUT2D eigenvalue weighted by molar-refractivity contribution is 5.62. The van der Waals surface area contributed by atoms with Gasteiger partial charge in [-0.2, -0.15) is 0 Å². The van der Waals surface area contributed by atoms with Crippen LogP contribution in [0.2, 0.25) is 0 Å². The monoisotopic (exact) mass is 244 g/mol. The molecule has 0 spiro atoms. The van der Waals surface area contributed by atoms with E-state index < -0.39 is 0 Å². The van der Waals surface area contributed by atoms with Gasteiger partial charge in [0.15, 0.2) is 0 Å². The van der Waals surface area contributed by atoms with E-state index in [0.29, 0.717) is 6.04 Å². The number of rotatable bonds is 2. The van der Waals surface area contributed by atoms with Crippen LogP contribution in [0.4, 0.5) is 11.4 Å². The first-order chi connectivity index (χ1) is 8.74. The average molecular weight is 244 g/mol. The quantitative estimate of drug-likeness (QED) is 0.851. The lowest BCUT2D eigenvalue weighted by Crippen LogP contribution is -2.29.